The van der Waals surface area contributed by atoms with Crippen molar-refractivity contribution in [1.29, 1.82) is 0 Å². The molecule has 1 aliphatic heterocycles. The van der Waals surface area contributed by atoms with Crippen LogP contribution in [0.1, 0.15) is 12.8 Å². The number of hydrogen-bond acceptors (Lipinski definition) is 6. The molecule has 0 unspecified atom stereocenters. The summed E-state index contributed by atoms with van der Waals surface area (Å²) in [7, 11) is 1.88. The number of aromatic nitrogens is 7. The molecule has 1 saturated heterocycles. The van der Waals surface area contributed by atoms with E-state index in [1.54, 1.807) is 23.3 Å². The monoisotopic (exact) mass is 522 g/mol. The van der Waals surface area contributed by atoms with Crippen molar-refractivity contribution in [3.63, 3.8) is 0 Å². The van der Waals surface area contributed by atoms with Crippen molar-refractivity contribution >= 4 is 21.9 Å². The van der Waals surface area contributed by atoms with Crippen LogP contribution >= 0.6 is 0 Å². The van der Waals surface area contributed by atoms with Gasteiger partial charge in [0.25, 0.3) is 0 Å². The minimum Gasteiger partial charge on any atom is -0.492 e. The molecule has 1 aliphatic rings. The Kier molecular flexibility index (Phi) is 5.81. The second kappa shape index (κ2) is 9.63. The Morgan fingerprint density at radius 2 is 1.90 bits per heavy atom. The third kappa shape index (κ3) is 4.52. The largest absolute Gasteiger partial charge is 0.492 e. The number of benzene rings is 1. The number of aromatic amines is 2. The first-order valence-corrected chi connectivity index (χ1v) is 13.1. The molecule has 39 heavy (non-hydrogen) atoms. The van der Waals surface area contributed by atoms with Gasteiger partial charge in [-0.1, -0.05) is 0 Å². The van der Waals surface area contributed by atoms with Crippen LogP contribution in [0.4, 0.5) is 4.39 Å². The summed E-state index contributed by atoms with van der Waals surface area (Å²) in [5.74, 6) is 0.171. The number of halogens is 1. The summed E-state index contributed by atoms with van der Waals surface area (Å²) in [6, 6.07) is 10.8. The number of aryl methyl sites for hydroxylation is 1. The lowest BCUT2D eigenvalue weighted by Crippen LogP contribution is -2.25. The average molecular weight is 523 g/mol. The molecule has 7 rings (SSSR count). The molecule has 10 heteroatoms. The Morgan fingerprint density at radius 3 is 2.74 bits per heavy atom. The molecule has 0 saturated carbocycles. The van der Waals surface area contributed by atoms with Crippen molar-refractivity contribution in [3.05, 3.63) is 67.0 Å². The van der Waals surface area contributed by atoms with Gasteiger partial charge in [-0.15, -0.1) is 0 Å². The van der Waals surface area contributed by atoms with Crippen LogP contribution in [0, 0.1) is 5.82 Å². The fourth-order valence-electron chi connectivity index (χ4n) is 5.31. The molecule has 0 atom stereocenters. The first-order valence-electron chi connectivity index (χ1n) is 13.1. The molecule has 0 amide bonds. The number of rotatable bonds is 7. The van der Waals surface area contributed by atoms with Gasteiger partial charge in [0.1, 0.15) is 29.4 Å². The van der Waals surface area contributed by atoms with E-state index in [0.717, 1.165) is 64.1 Å². The topological polar surface area (TPSA) is 101 Å². The van der Waals surface area contributed by atoms with E-state index in [1.807, 2.05) is 37.5 Å². The molecule has 0 radical (unpaired) electrons. The van der Waals surface area contributed by atoms with Gasteiger partial charge in [0.2, 0.25) is 0 Å². The van der Waals surface area contributed by atoms with Gasteiger partial charge in [-0.3, -0.25) is 19.7 Å². The first kappa shape index (κ1) is 23.5. The maximum absolute atomic E-state index is 14.7. The van der Waals surface area contributed by atoms with E-state index >= 15 is 0 Å². The molecule has 1 aromatic carbocycles. The predicted molar refractivity (Wildman–Crippen MR) is 148 cm³/mol. The highest BCUT2D eigenvalue weighted by atomic mass is 19.1. The highest BCUT2D eigenvalue weighted by molar-refractivity contribution is 6.00. The second-order valence-corrected chi connectivity index (χ2v) is 9.97. The third-order valence-electron chi connectivity index (χ3n) is 7.27. The Bertz CT molecular complexity index is 1800. The molecule has 6 aromatic rings. The van der Waals surface area contributed by atoms with Gasteiger partial charge in [-0.05, 0) is 61.8 Å². The Balaban J connectivity index is 1.23. The van der Waals surface area contributed by atoms with Gasteiger partial charge in [0, 0.05) is 48.6 Å². The van der Waals surface area contributed by atoms with E-state index in [9.17, 15) is 4.39 Å². The first-order chi connectivity index (χ1) is 19.1. The molecule has 5 aromatic heterocycles. The van der Waals surface area contributed by atoms with Crippen LogP contribution in [0.5, 0.6) is 5.75 Å². The van der Waals surface area contributed by atoms with Crippen LogP contribution in [-0.2, 0) is 7.05 Å². The SMILES string of the molecule is Cn1cc(-c2ccc3[nH]nc(-c4cc5c(-c6cc(F)cc(OCCN7CCCC7)c6)cncc5[nH]4)c3n2)cn1. The molecule has 1 fully saturated rings. The van der Waals surface area contributed by atoms with E-state index in [1.165, 1.54) is 25.0 Å². The Morgan fingerprint density at radius 1 is 1.00 bits per heavy atom. The number of pyridine rings is 2. The lowest BCUT2D eigenvalue weighted by Gasteiger charge is -2.15. The quantitative estimate of drug-likeness (QED) is 0.300. The highest BCUT2D eigenvalue weighted by Crippen LogP contribution is 2.35. The molecule has 0 bridgehead atoms. The van der Waals surface area contributed by atoms with Gasteiger partial charge >= 0.3 is 0 Å². The molecular weight excluding hydrogens is 495 g/mol. The van der Waals surface area contributed by atoms with Crippen molar-refractivity contribution in [3.8, 4) is 39.5 Å². The number of ether oxygens (including phenoxy) is 1. The molecular formula is C29H27FN8O. The van der Waals surface area contributed by atoms with E-state index < -0.39 is 0 Å². The van der Waals surface area contributed by atoms with Crippen molar-refractivity contribution in [2.24, 2.45) is 7.05 Å². The van der Waals surface area contributed by atoms with Crippen molar-refractivity contribution in [2.75, 3.05) is 26.2 Å². The van der Waals surface area contributed by atoms with Gasteiger partial charge in [0.05, 0.1) is 34.8 Å². The summed E-state index contributed by atoms with van der Waals surface area (Å²) in [4.78, 5) is 15.1. The van der Waals surface area contributed by atoms with E-state index in [4.69, 9.17) is 9.72 Å². The van der Waals surface area contributed by atoms with E-state index in [0.29, 0.717) is 23.6 Å². The van der Waals surface area contributed by atoms with Crippen molar-refractivity contribution < 1.29 is 9.13 Å². The summed E-state index contributed by atoms with van der Waals surface area (Å²) in [5.41, 5.74) is 7.15. The fourth-order valence-corrected chi connectivity index (χ4v) is 5.31. The van der Waals surface area contributed by atoms with Crippen molar-refractivity contribution in [2.45, 2.75) is 12.8 Å². The zero-order valence-corrected chi connectivity index (χ0v) is 21.5. The van der Waals surface area contributed by atoms with Crippen LogP contribution in [0.25, 0.3) is 55.7 Å². The molecule has 196 valence electrons. The lowest BCUT2D eigenvalue weighted by atomic mass is 10.0. The standard InChI is InChI=1S/C29H27FN8O/c1-37-17-19(14-32-37)24-4-5-25-28(34-24)29(36-35-25)26-13-22-23(15-31-16-27(22)33-26)18-10-20(30)12-21(11-18)39-9-8-38-6-2-3-7-38/h4-5,10-17,33H,2-3,6-9H2,1H3,(H,35,36). The predicted octanol–water partition coefficient (Wildman–Crippen LogP) is 5.18. The third-order valence-corrected chi connectivity index (χ3v) is 7.27. The number of fused-ring (bicyclic) bond motifs is 2. The molecule has 9 nitrogen and oxygen atoms in total. The summed E-state index contributed by atoms with van der Waals surface area (Å²) < 4.78 is 22.4. The summed E-state index contributed by atoms with van der Waals surface area (Å²) in [5, 5.41) is 12.8. The van der Waals surface area contributed by atoms with Crippen molar-refractivity contribution in [1.82, 2.24) is 39.8 Å². The van der Waals surface area contributed by atoms with E-state index in [-0.39, 0.29) is 5.82 Å². The average Bonchev–Trinajstić information content (AvgIpc) is 3.74. The molecule has 6 heterocycles. The minimum absolute atomic E-state index is 0.345. The van der Waals surface area contributed by atoms with Crippen LogP contribution < -0.4 is 4.74 Å². The van der Waals surface area contributed by atoms with Crippen LogP contribution in [0.3, 0.4) is 0 Å². The molecule has 2 N–H and O–H groups in total. The molecule has 0 aliphatic carbocycles. The van der Waals surface area contributed by atoms with Crippen LogP contribution in [0.15, 0.2) is 61.2 Å². The molecule has 0 spiro atoms. The van der Waals surface area contributed by atoms with Gasteiger partial charge in [0.15, 0.2) is 0 Å². The van der Waals surface area contributed by atoms with Gasteiger partial charge in [-0.25, -0.2) is 9.37 Å². The fraction of sp³-hybridized carbons (Fsp3) is 0.241. The second-order valence-electron chi connectivity index (χ2n) is 9.97. The Labute approximate surface area is 223 Å². The number of hydrogen-bond donors (Lipinski definition) is 2. The lowest BCUT2D eigenvalue weighted by molar-refractivity contribution is 0.237. The zero-order chi connectivity index (χ0) is 26.3. The maximum Gasteiger partial charge on any atom is 0.135 e. The van der Waals surface area contributed by atoms with Gasteiger partial charge < -0.3 is 9.72 Å². The maximum atomic E-state index is 14.7. The number of H-pyrrole nitrogens is 2. The summed E-state index contributed by atoms with van der Waals surface area (Å²) in [6.07, 6.45) is 9.70. The smallest absolute Gasteiger partial charge is 0.135 e. The van der Waals surface area contributed by atoms with E-state index in [2.05, 4.69) is 30.2 Å². The van der Waals surface area contributed by atoms with Crippen LogP contribution in [0.2, 0.25) is 0 Å². The number of nitrogens with one attached hydrogen (secondary N) is 2. The van der Waals surface area contributed by atoms with Crippen LogP contribution in [-0.4, -0.2) is 66.1 Å². The summed E-state index contributed by atoms with van der Waals surface area (Å²) in [6.45, 7) is 3.58. The van der Waals surface area contributed by atoms with Gasteiger partial charge in [-0.2, -0.15) is 10.2 Å². The normalized spacial score (nSPS) is 14.1. The Hall–Kier alpha value is -4.57. The zero-order valence-electron chi connectivity index (χ0n) is 21.5. The summed E-state index contributed by atoms with van der Waals surface area (Å²) >= 11 is 0. The minimum atomic E-state index is -0.345. The number of likely N-dealkylation sites (tertiary alicyclic amines) is 1. The number of nitrogens with zero attached hydrogens (tertiary/aromatic N) is 6. The highest BCUT2D eigenvalue weighted by Gasteiger charge is 2.17.